The summed E-state index contributed by atoms with van der Waals surface area (Å²) < 4.78 is 0. The molecule has 2 rings (SSSR count). The van der Waals surface area contributed by atoms with Crippen LogP contribution < -0.4 is 16.0 Å². The van der Waals surface area contributed by atoms with Crippen molar-refractivity contribution in [1.82, 2.24) is 16.0 Å². The minimum atomic E-state index is -0.432. The van der Waals surface area contributed by atoms with Crippen LogP contribution in [-0.2, 0) is 9.59 Å². The van der Waals surface area contributed by atoms with Crippen LogP contribution in [0.1, 0.15) is 36.5 Å². The summed E-state index contributed by atoms with van der Waals surface area (Å²) in [5.41, 5.74) is 0.627. The lowest BCUT2D eigenvalue weighted by atomic mass is 10.1. The van der Waals surface area contributed by atoms with E-state index in [0.29, 0.717) is 18.5 Å². The van der Waals surface area contributed by atoms with E-state index in [1.165, 1.54) is 6.08 Å². The minimum absolute atomic E-state index is 0.0419. The van der Waals surface area contributed by atoms with Crippen LogP contribution in [0.5, 0.6) is 0 Å². The summed E-state index contributed by atoms with van der Waals surface area (Å²) in [5.74, 6) is -0.344. The number of amides is 2. The molecule has 3 N–H and O–H groups in total. The van der Waals surface area contributed by atoms with Crippen LogP contribution in [0.15, 0.2) is 42.5 Å². The molecule has 0 aliphatic carbocycles. The number of Topliss-reactive ketones (excluding diaryl/α,β-unsaturated/α-hetero) is 1. The molecule has 25 heavy (non-hydrogen) atoms. The fourth-order valence-electron chi connectivity index (χ4n) is 2.62. The molecular formula is C19H25N3O3. The first kappa shape index (κ1) is 18.9. The Hall–Kier alpha value is -2.47. The summed E-state index contributed by atoms with van der Waals surface area (Å²) in [6.45, 7) is 2.50. The summed E-state index contributed by atoms with van der Waals surface area (Å²) in [5, 5.41) is 8.74. The van der Waals surface area contributed by atoms with Crippen molar-refractivity contribution >= 4 is 17.6 Å². The summed E-state index contributed by atoms with van der Waals surface area (Å²) in [6, 6.07) is 8.33. The van der Waals surface area contributed by atoms with Crippen molar-refractivity contribution in [3.63, 3.8) is 0 Å². The third-order valence-electron chi connectivity index (χ3n) is 4.05. The molecule has 1 unspecified atom stereocenters. The molecule has 134 valence electrons. The van der Waals surface area contributed by atoms with Gasteiger partial charge in [0.05, 0.1) is 12.6 Å². The Morgan fingerprint density at radius 3 is 2.72 bits per heavy atom. The van der Waals surface area contributed by atoms with Crippen molar-refractivity contribution in [1.29, 1.82) is 0 Å². The fourth-order valence-corrected chi connectivity index (χ4v) is 2.62. The van der Waals surface area contributed by atoms with Gasteiger partial charge in [0.15, 0.2) is 5.78 Å². The molecule has 2 atom stereocenters. The van der Waals surface area contributed by atoms with Crippen molar-refractivity contribution < 1.29 is 14.4 Å². The lowest BCUT2D eigenvalue weighted by molar-refractivity contribution is -0.123. The van der Waals surface area contributed by atoms with E-state index in [-0.39, 0.29) is 30.2 Å². The minimum Gasteiger partial charge on any atom is -0.353 e. The molecule has 0 saturated heterocycles. The average molecular weight is 343 g/mol. The smallest absolute Gasteiger partial charge is 0.243 e. The summed E-state index contributed by atoms with van der Waals surface area (Å²) in [4.78, 5) is 36.2. The SMILES string of the molecule is CC1/C=C/C(=O)NCCCC[C@H](NCC(=O)c2ccccc2)C(=O)N1. The first-order chi connectivity index (χ1) is 12.1. The molecule has 0 aromatic heterocycles. The van der Waals surface area contributed by atoms with E-state index in [4.69, 9.17) is 0 Å². The van der Waals surface area contributed by atoms with E-state index in [2.05, 4.69) is 16.0 Å². The summed E-state index contributed by atoms with van der Waals surface area (Å²) >= 11 is 0. The van der Waals surface area contributed by atoms with Crippen LogP contribution in [0.3, 0.4) is 0 Å². The Bertz CT molecular complexity index is 628. The average Bonchev–Trinajstić information content (AvgIpc) is 2.61. The van der Waals surface area contributed by atoms with Crippen LogP contribution in [0.4, 0.5) is 0 Å². The molecule has 1 aromatic rings. The van der Waals surface area contributed by atoms with Crippen LogP contribution in [0, 0.1) is 0 Å². The molecule has 1 aromatic carbocycles. The highest BCUT2D eigenvalue weighted by Gasteiger charge is 2.20. The molecule has 0 fully saturated rings. The number of carbonyl (C=O) groups excluding carboxylic acids is 3. The highest BCUT2D eigenvalue weighted by atomic mass is 16.2. The van der Waals surface area contributed by atoms with E-state index < -0.39 is 6.04 Å². The topological polar surface area (TPSA) is 87.3 Å². The first-order valence-electron chi connectivity index (χ1n) is 8.64. The van der Waals surface area contributed by atoms with E-state index in [0.717, 1.165) is 12.8 Å². The number of hydrogen-bond donors (Lipinski definition) is 3. The van der Waals surface area contributed by atoms with Gasteiger partial charge < -0.3 is 10.6 Å². The Morgan fingerprint density at radius 1 is 1.20 bits per heavy atom. The number of rotatable bonds is 4. The van der Waals surface area contributed by atoms with Gasteiger partial charge in [-0.05, 0) is 26.2 Å². The second kappa shape index (κ2) is 9.74. The molecule has 0 spiro atoms. The fraction of sp³-hybridized carbons (Fsp3) is 0.421. The maximum absolute atomic E-state index is 12.5. The summed E-state index contributed by atoms with van der Waals surface area (Å²) in [7, 11) is 0. The van der Waals surface area contributed by atoms with Crippen LogP contribution in [-0.4, -0.2) is 42.8 Å². The van der Waals surface area contributed by atoms with Gasteiger partial charge in [0.25, 0.3) is 0 Å². The second-order valence-corrected chi connectivity index (χ2v) is 6.17. The van der Waals surface area contributed by atoms with Crippen LogP contribution in [0.25, 0.3) is 0 Å². The van der Waals surface area contributed by atoms with Gasteiger partial charge in [-0.25, -0.2) is 0 Å². The quantitative estimate of drug-likeness (QED) is 0.717. The van der Waals surface area contributed by atoms with E-state index in [1.807, 2.05) is 18.2 Å². The third-order valence-corrected chi connectivity index (χ3v) is 4.05. The number of hydrogen-bond acceptors (Lipinski definition) is 4. The molecule has 2 amide bonds. The van der Waals surface area contributed by atoms with Crippen LogP contribution >= 0.6 is 0 Å². The van der Waals surface area contributed by atoms with Gasteiger partial charge in [0.1, 0.15) is 0 Å². The lowest BCUT2D eigenvalue weighted by Gasteiger charge is -2.20. The summed E-state index contributed by atoms with van der Waals surface area (Å²) in [6.07, 6.45) is 5.27. The Balaban J connectivity index is 1.96. The van der Waals surface area contributed by atoms with Gasteiger partial charge in [0.2, 0.25) is 11.8 Å². The van der Waals surface area contributed by atoms with Crippen molar-refractivity contribution in [3.8, 4) is 0 Å². The Morgan fingerprint density at radius 2 is 1.96 bits per heavy atom. The monoisotopic (exact) mass is 343 g/mol. The standard InChI is InChI=1S/C19H25N3O3/c1-14-10-11-18(24)20-12-6-5-9-16(19(25)22-14)21-13-17(23)15-7-3-2-4-8-15/h2-4,7-8,10-11,14,16,21H,5-6,9,12-13H2,1H3,(H,20,24)(H,22,25)/b11-10+/t14?,16-/m0/s1. The van der Waals surface area contributed by atoms with Gasteiger partial charge >= 0.3 is 0 Å². The van der Waals surface area contributed by atoms with Gasteiger partial charge in [-0.3, -0.25) is 19.7 Å². The van der Waals surface area contributed by atoms with Crippen LogP contribution in [0.2, 0.25) is 0 Å². The Labute approximate surface area is 148 Å². The van der Waals surface area contributed by atoms with Gasteiger partial charge in [-0.15, -0.1) is 0 Å². The van der Waals surface area contributed by atoms with E-state index in [1.54, 1.807) is 25.1 Å². The zero-order chi connectivity index (χ0) is 18.1. The first-order valence-corrected chi connectivity index (χ1v) is 8.64. The molecule has 1 aliphatic heterocycles. The largest absolute Gasteiger partial charge is 0.353 e. The molecule has 1 heterocycles. The second-order valence-electron chi connectivity index (χ2n) is 6.17. The van der Waals surface area contributed by atoms with Crippen molar-refractivity contribution in [2.24, 2.45) is 0 Å². The molecule has 0 saturated carbocycles. The van der Waals surface area contributed by atoms with Crippen molar-refractivity contribution in [2.45, 2.75) is 38.3 Å². The van der Waals surface area contributed by atoms with Crippen molar-refractivity contribution in [2.75, 3.05) is 13.1 Å². The molecule has 1 aliphatic rings. The highest BCUT2D eigenvalue weighted by Crippen LogP contribution is 2.05. The number of nitrogens with one attached hydrogen (secondary N) is 3. The molecule has 0 bridgehead atoms. The van der Waals surface area contributed by atoms with Gasteiger partial charge in [-0.1, -0.05) is 36.4 Å². The predicted octanol–water partition coefficient (Wildman–Crippen LogP) is 1.19. The molecule has 6 nitrogen and oxygen atoms in total. The number of ketones is 1. The van der Waals surface area contributed by atoms with E-state index in [9.17, 15) is 14.4 Å². The third kappa shape index (κ3) is 6.51. The zero-order valence-electron chi connectivity index (χ0n) is 14.5. The maximum atomic E-state index is 12.5. The molecular weight excluding hydrogens is 318 g/mol. The van der Waals surface area contributed by atoms with E-state index >= 15 is 0 Å². The highest BCUT2D eigenvalue weighted by molar-refractivity contribution is 5.98. The number of carbonyl (C=O) groups is 3. The molecule has 0 radical (unpaired) electrons. The lowest BCUT2D eigenvalue weighted by Crippen LogP contribution is -2.48. The maximum Gasteiger partial charge on any atom is 0.243 e. The Kier molecular flexibility index (Phi) is 7.35. The molecule has 6 heteroatoms. The normalized spacial score (nSPS) is 23.6. The zero-order valence-corrected chi connectivity index (χ0v) is 14.5. The van der Waals surface area contributed by atoms with Gasteiger partial charge in [0, 0.05) is 24.2 Å². The van der Waals surface area contributed by atoms with Gasteiger partial charge in [-0.2, -0.15) is 0 Å². The predicted molar refractivity (Wildman–Crippen MR) is 96.2 cm³/mol. The number of benzene rings is 1. The van der Waals surface area contributed by atoms with Crippen molar-refractivity contribution in [3.05, 3.63) is 48.0 Å².